The lowest BCUT2D eigenvalue weighted by Gasteiger charge is -2.28. The minimum Gasteiger partial charge on any atom is -0.480 e. The summed E-state index contributed by atoms with van der Waals surface area (Å²) in [4.78, 5) is 22.5. The van der Waals surface area contributed by atoms with Crippen molar-refractivity contribution in [3.8, 4) is 0 Å². The molecule has 0 spiro atoms. The molecule has 0 bridgehead atoms. The lowest BCUT2D eigenvalue weighted by molar-refractivity contribution is -0.139. The van der Waals surface area contributed by atoms with Gasteiger partial charge in [0.2, 0.25) is 0 Å². The van der Waals surface area contributed by atoms with Crippen LogP contribution >= 0.6 is 0 Å². The van der Waals surface area contributed by atoms with Gasteiger partial charge in [-0.3, -0.25) is 0 Å². The van der Waals surface area contributed by atoms with Gasteiger partial charge in [0.15, 0.2) is 0 Å². The molecule has 2 amide bonds. The number of carbonyl (C=O) groups excluding carboxylic acids is 1. The second-order valence-corrected chi connectivity index (χ2v) is 5.35. The van der Waals surface area contributed by atoms with Crippen LogP contribution in [-0.2, 0) is 4.79 Å². The molecule has 17 heavy (non-hydrogen) atoms. The van der Waals surface area contributed by atoms with Crippen molar-refractivity contribution in [3.05, 3.63) is 0 Å². The molecular weight excluding hydrogens is 220 g/mol. The molecule has 1 rings (SSSR count). The van der Waals surface area contributed by atoms with Crippen molar-refractivity contribution in [1.29, 1.82) is 0 Å². The van der Waals surface area contributed by atoms with E-state index in [9.17, 15) is 9.59 Å². The maximum atomic E-state index is 11.7. The molecule has 3 N–H and O–H groups in total. The monoisotopic (exact) mass is 242 g/mol. The van der Waals surface area contributed by atoms with Gasteiger partial charge in [-0.1, -0.05) is 27.2 Å². The average molecular weight is 242 g/mol. The molecule has 1 fully saturated rings. The van der Waals surface area contributed by atoms with Crippen molar-refractivity contribution < 1.29 is 14.7 Å². The zero-order valence-corrected chi connectivity index (χ0v) is 10.7. The molecule has 98 valence electrons. The van der Waals surface area contributed by atoms with Crippen LogP contribution < -0.4 is 10.6 Å². The first-order valence-corrected chi connectivity index (χ1v) is 6.16. The Morgan fingerprint density at radius 1 is 1.47 bits per heavy atom. The van der Waals surface area contributed by atoms with Crippen LogP contribution in [0.1, 0.15) is 46.5 Å². The van der Waals surface area contributed by atoms with E-state index >= 15 is 0 Å². The Bertz CT molecular complexity index is 302. The number of hydrogen-bond donors (Lipinski definition) is 3. The zero-order valence-electron chi connectivity index (χ0n) is 10.7. The Labute approximate surface area is 102 Å². The largest absolute Gasteiger partial charge is 0.480 e. The number of urea groups is 1. The van der Waals surface area contributed by atoms with E-state index in [2.05, 4.69) is 24.5 Å². The average Bonchev–Trinajstić information content (AvgIpc) is 2.54. The Morgan fingerprint density at radius 2 is 2.12 bits per heavy atom. The summed E-state index contributed by atoms with van der Waals surface area (Å²) in [7, 11) is 0. The highest BCUT2D eigenvalue weighted by molar-refractivity contribution is 5.82. The predicted octanol–water partition coefficient (Wildman–Crippen LogP) is 1.73. The molecule has 1 saturated carbocycles. The Balaban J connectivity index is 2.47. The molecule has 1 aliphatic rings. The second kappa shape index (κ2) is 5.38. The molecule has 0 aromatic rings. The summed E-state index contributed by atoms with van der Waals surface area (Å²) in [6, 6.07) is -1.05. The quantitative estimate of drug-likeness (QED) is 0.702. The van der Waals surface area contributed by atoms with Crippen LogP contribution in [0.4, 0.5) is 4.79 Å². The maximum absolute atomic E-state index is 11.7. The number of nitrogens with one attached hydrogen (secondary N) is 2. The first-order valence-electron chi connectivity index (χ1n) is 6.16. The molecule has 0 saturated heterocycles. The number of carboxylic acid groups (broad SMARTS) is 1. The van der Waals surface area contributed by atoms with Crippen LogP contribution in [0.2, 0.25) is 0 Å². The molecule has 0 aromatic carbocycles. The highest BCUT2D eigenvalue weighted by Gasteiger charge is 2.35. The van der Waals surface area contributed by atoms with Gasteiger partial charge in [-0.2, -0.15) is 0 Å². The summed E-state index contributed by atoms with van der Waals surface area (Å²) >= 11 is 0. The molecule has 0 aliphatic heterocycles. The SMILES string of the molecule is CCC(NC(=O)NC1CCCC1(C)C)C(=O)O. The third kappa shape index (κ3) is 3.61. The van der Waals surface area contributed by atoms with Crippen LogP contribution in [0, 0.1) is 5.41 Å². The van der Waals surface area contributed by atoms with Gasteiger partial charge in [-0.25, -0.2) is 9.59 Å². The topological polar surface area (TPSA) is 78.4 Å². The molecule has 2 unspecified atom stereocenters. The van der Waals surface area contributed by atoms with Crippen molar-refractivity contribution in [2.75, 3.05) is 0 Å². The fourth-order valence-corrected chi connectivity index (χ4v) is 2.29. The van der Waals surface area contributed by atoms with Crippen molar-refractivity contribution in [1.82, 2.24) is 10.6 Å². The normalized spacial score (nSPS) is 24.1. The highest BCUT2D eigenvalue weighted by atomic mass is 16.4. The van der Waals surface area contributed by atoms with Gasteiger partial charge in [0.05, 0.1) is 0 Å². The van der Waals surface area contributed by atoms with Gasteiger partial charge in [-0.15, -0.1) is 0 Å². The number of rotatable bonds is 4. The van der Waals surface area contributed by atoms with Gasteiger partial charge in [0.1, 0.15) is 6.04 Å². The van der Waals surface area contributed by atoms with E-state index in [1.807, 2.05) is 0 Å². The summed E-state index contributed by atoms with van der Waals surface area (Å²) < 4.78 is 0. The molecule has 1 aliphatic carbocycles. The standard InChI is InChI=1S/C12H22N2O3/c1-4-8(10(15)16)13-11(17)14-9-6-5-7-12(9,2)3/h8-9H,4-7H2,1-3H3,(H,15,16)(H2,13,14,17). The first kappa shape index (κ1) is 13.8. The molecule has 5 nitrogen and oxygen atoms in total. The van der Waals surface area contributed by atoms with Gasteiger partial charge in [-0.05, 0) is 24.7 Å². The number of aliphatic carboxylic acids is 1. The third-order valence-electron chi connectivity index (χ3n) is 3.57. The Morgan fingerprint density at radius 3 is 2.53 bits per heavy atom. The van der Waals surface area contributed by atoms with Crippen molar-refractivity contribution in [2.45, 2.75) is 58.5 Å². The number of carbonyl (C=O) groups is 2. The van der Waals surface area contributed by atoms with Gasteiger partial charge < -0.3 is 15.7 Å². The Kier molecular flexibility index (Phi) is 4.37. The van der Waals surface area contributed by atoms with E-state index < -0.39 is 12.0 Å². The van der Waals surface area contributed by atoms with Gasteiger partial charge in [0, 0.05) is 6.04 Å². The van der Waals surface area contributed by atoms with Gasteiger partial charge >= 0.3 is 12.0 Å². The number of amides is 2. The van der Waals surface area contributed by atoms with Crippen LogP contribution in [0.25, 0.3) is 0 Å². The first-order chi connectivity index (χ1) is 7.86. The van der Waals surface area contributed by atoms with Crippen LogP contribution in [0.3, 0.4) is 0 Å². The van der Waals surface area contributed by atoms with Crippen molar-refractivity contribution >= 4 is 12.0 Å². The lowest BCUT2D eigenvalue weighted by Crippen LogP contribution is -2.51. The van der Waals surface area contributed by atoms with Crippen LogP contribution in [0.15, 0.2) is 0 Å². The third-order valence-corrected chi connectivity index (χ3v) is 3.57. The summed E-state index contributed by atoms with van der Waals surface area (Å²) in [6.07, 6.45) is 3.54. The molecular formula is C12H22N2O3. The fraction of sp³-hybridized carbons (Fsp3) is 0.833. The van der Waals surface area contributed by atoms with E-state index in [1.165, 1.54) is 0 Å². The van der Waals surface area contributed by atoms with E-state index in [1.54, 1.807) is 6.92 Å². The number of carboxylic acids is 1. The van der Waals surface area contributed by atoms with Crippen molar-refractivity contribution in [3.63, 3.8) is 0 Å². The summed E-state index contributed by atoms with van der Waals surface area (Å²) in [6.45, 7) is 5.98. The highest BCUT2D eigenvalue weighted by Crippen LogP contribution is 2.36. The van der Waals surface area contributed by atoms with E-state index in [-0.39, 0.29) is 17.5 Å². The molecule has 0 aromatic heterocycles. The minimum absolute atomic E-state index is 0.0995. The fourth-order valence-electron chi connectivity index (χ4n) is 2.29. The molecule has 0 radical (unpaired) electrons. The van der Waals surface area contributed by atoms with E-state index in [4.69, 9.17) is 5.11 Å². The second-order valence-electron chi connectivity index (χ2n) is 5.35. The summed E-state index contributed by atoms with van der Waals surface area (Å²) in [5.41, 5.74) is 0.0995. The molecule has 5 heteroatoms. The van der Waals surface area contributed by atoms with Gasteiger partial charge in [0.25, 0.3) is 0 Å². The predicted molar refractivity (Wildman–Crippen MR) is 64.8 cm³/mol. The molecule has 0 heterocycles. The summed E-state index contributed by atoms with van der Waals surface area (Å²) in [5.74, 6) is -0.992. The molecule has 2 atom stereocenters. The van der Waals surface area contributed by atoms with Crippen LogP contribution in [-0.4, -0.2) is 29.2 Å². The summed E-state index contributed by atoms with van der Waals surface area (Å²) in [5, 5.41) is 14.2. The lowest BCUT2D eigenvalue weighted by atomic mass is 9.87. The van der Waals surface area contributed by atoms with Crippen LogP contribution in [0.5, 0.6) is 0 Å². The van der Waals surface area contributed by atoms with Crippen molar-refractivity contribution in [2.24, 2.45) is 5.41 Å². The zero-order chi connectivity index (χ0) is 13.1. The smallest absolute Gasteiger partial charge is 0.326 e. The number of hydrogen-bond acceptors (Lipinski definition) is 2. The van der Waals surface area contributed by atoms with E-state index in [0.717, 1.165) is 19.3 Å². The minimum atomic E-state index is -0.992. The van der Waals surface area contributed by atoms with E-state index in [0.29, 0.717) is 6.42 Å². The maximum Gasteiger partial charge on any atom is 0.326 e. The Hall–Kier alpha value is -1.26.